The normalized spacial score (nSPS) is 12.9. The lowest BCUT2D eigenvalue weighted by Gasteiger charge is -2.38. The Hall–Kier alpha value is -1.26. The number of nitrogens with zero attached hydrogens (tertiary/aromatic N) is 1. The number of benzene rings is 1. The van der Waals surface area contributed by atoms with Gasteiger partial charge in [0.05, 0.1) is 7.11 Å². The van der Waals surface area contributed by atoms with Crippen LogP contribution in [0, 0.1) is 0 Å². The summed E-state index contributed by atoms with van der Waals surface area (Å²) in [5, 5.41) is 10.8. The summed E-state index contributed by atoms with van der Waals surface area (Å²) in [7, 11) is 0.00519. The van der Waals surface area contributed by atoms with Crippen LogP contribution in [0.1, 0.15) is 26.3 Å². The first-order chi connectivity index (χ1) is 9.72. The van der Waals surface area contributed by atoms with Crippen LogP contribution in [0.25, 0.3) is 10.9 Å². The summed E-state index contributed by atoms with van der Waals surface area (Å²) < 4.78 is 7.84. The molecule has 0 fully saturated rings. The Morgan fingerprint density at radius 2 is 1.90 bits per heavy atom. The predicted octanol–water partition coefficient (Wildman–Crippen LogP) is 4.04. The van der Waals surface area contributed by atoms with Crippen LogP contribution in [0.3, 0.4) is 0 Å². The first-order valence-corrected chi connectivity index (χ1v) is 10.5. The highest BCUT2D eigenvalue weighted by Gasteiger charge is 2.38. The Labute approximate surface area is 128 Å². The number of aliphatic hydroxyl groups is 1. The van der Waals surface area contributed by atoms with E-state index in [-0.39, 0.29) is 11.6 Å². The molecule has 2 rings (SSSR count). The summed E-state index contributed by atoms with van der Waals surface area (Å²) >= 11 is 0. The number of hydrogen-bond acceptors (Lipinski definition) is 2. The maximum absolute atomic E-state index is 9.35. The molecule has 0 aliphatic heterocycles. The van der Waals surface area contributed by atoms with Gasteiger partial charge in [-0.2, -0.15) is 0 Å². The van der Waals surface area contributed by atoms with Crippen molar-refractivity contribution in [2.45, 2.75) is 45.3 Å². The first-order valence-electron chi connectivity index (χ1n) is 7.51. The molecule has 0 amide bonds. The van der Waals surface area contributed by atoms with Gasteiger partial charge >= 0.3 is 0 Å². The summed E-state index contributed by atoms with van der Waals surface area (Å²) in [4.78, 5) is 0. The van der Waals surface area contributed by atoms with E-state index in [0.717, 1.165) is 5.75 Å². The van der Waals surface area contributed by atoms with Crippen molar-refractivity contribution < 1.29 is 9.84 Å². The van der Waals surface area contributed by atoms with E-state index in [9.17, 15) is 5.11 Å². The lowest BCUT2D eigenvalue weighted by atomic mass is 10.1. The van der Waals surface area contributed by atoms with Crippen LogP contribution in [-0.4, -0.2) is 31.3 Å². The average molecular weight is 305 g/mol. The van der Waals surface area contributed by atoms with Gasteiger partial charge in [-0.15, -0.1) is 0 Å². The fraction of sp³-hybridized carbons (Fsp3) is 0.529. The van der Waals surface area contributed by atoms with Crippen LogP contribution in [0.15, 0.2) is 24.4 Å². The molecule has 0 spiro atoms. The van der Waals surface area contributed by atoms with E-state index in [0.29, 0.717) is 6.42 Å². The number of aromatic nitrogens is 1. The molecule has 1 aromatic heterocycles. The first kappa shape index (κ1) is 16.1. The van der Waals surface area contributed by atoms with E-state index >= 15 is 0 Å². The lowest BCUT2D eigenvalue weighted by Crippen LogP contribution is -2.44. The summed E-state index contributed by atoms with van der Waals surface area (Å²) in [6.07, 6.45) is 2.93. The molecular weight excluding hydrogens is 278 g/mol. The van der Waals surface area contributed by atoms with Gasteiger partial charge < -0.3 is 14.1 Å². The maximum atomic E-state index is 9.35. The molecule has 21 heavy (non-hydrogen) atoms. The highest BCUT2D eigenvalue weighted by molar-refractivity contribution is 6.79. The molecule has 0 bridgehead atoms. The van der Waals surface area contributed by atoms with Gasteiger partial charge in [0.1, 0.15) is 5.75 Å². The molecule has 1 heterocycles. The van der Waals surface area contributed by atoms with E-state index < -0.39 is 8.24 Å². The quantitative estimate of drug-likeness (QED) is 0.865. The van der Waals surface area contributed by atoms with Crippen LogP contribution in [0.2, 0.25) is 18.1 Å². The second kappa shape index (κ2) is 5.50. The maximum Gasteiger partial charge on any atom is 0.161 e. The summed E-state index contributed by atoms with van der Waals surface area (Å²) in [5.74, 6) is 0.870. The standard InChI is InChI=1S/C17H27NO2Si/c1-17(2,3)21(5,6)18-12-13(9-10-19)15-11-14(20-4)7-8-16(15)18/h7-8,11-12,19H,9-10H2,1-6H3. The van der Waals surface area contributed by atoms with Crippen molar-refractivity contribution in [2.24, 2.45) is 0 Å². The molecule has 0 saturated carbocycles. The van der Waals surface area contributed by atoms with Gasteiger partial charge in [0.2, 0.25) is 0 Å². The lowest BCUT2D eigenvalue weighted by molar-refractivity contribution is 0.300. The van der Waals surface area contributed by atoms with Gasteiger partial charge in [0, 0.05) is 17.5 Å². The van der Waals surface area contributed by atoms with Crippen LogP contribution < -0.4 is 4.74 Å². The van der Waals surface area contributed by atoms with Crippen molar-refractivity contribution in [1.29, 1.82) is 0 Å². The molecule has 0 saturated heterocycles. The zero-order chi connectivity index (χ0) is 15.8. The van der Waals surface area contributed by atoms with Gasteiger partial charge in [0.15, 0.2) is 8.24 Å². The predicted molar refractivity (Wildman–Crippen MR) is 91.9 cm³/mol. The third kappa shape index (κ3) is 2.74. The largest absolute Gasteiger partial charge is 0.497 e. The average Bonchev–Trinajstić information content (AvgIpc) is 2.76. The van der Waals surface area contributed by atoms with Crippen molar-refractivity contribution in [2.75, 3.05) is 13.7 Å². The molecule has 0 radical (unpaired) electrons. The van der Waals surface area contributed by atoms with Crippen LogP contribution in [-0.2, 0) is 6.42 Å². The Balaban J connectivity index is 2.71. The van der Waals surface area contributed by atoms with Gasteiger partial charge in [-0.25, -0.2) is 0 Å². The monoisotopic (exact) mass is 305 g/mol. The third-order valence-electron chi connectivity index (χ3n) is 4.91. The topological polar surface area (TPSA) is 34.4 Å². The van der Waals surface area contributed by atoms with Crippen molar-refractivity contribution in [3.63, 3.8) is 0 Å². The van der Waals surface area contributed by atoms with Crippen molar-refractivity contribution in [3.8, 4) is 5.75 Å². The number of methoxy groups -OCH3 is 1. The van der Waals surface area contributed by atoms with E-state index in [1.807, 2.05) is 6.07 Å². The van der Waals surface area contributed by atoms with E-state index in [1.54, 1.807) is 7.11 Å². The molecular formula is C17H27NO2Si. The van der Waals surface area contributed by atoms with Crippen LogP contribution in [0.5, 0.6) is 5.75 Å². The second-order valence-corrected chi connectivity index (χ2v) is 12.3. The smallest absolute Gasteiger partial charge is 0.161 e. The number of rotatable bonds is 4. The van der Waals surface area contributed by atoms with Gasteiger partial charge in [-0.3, -0.25) is 0 Å². The highest BCUT2D eigenvalue weighted by atomic mass is 28.3. The van der Waals surface area contributed by atoms with Crippen molar-refractivity contribution >= 4 is 19.1 Å². The van der Waals surface area contributed by atoms with Gasteiger partial charge in [-0.1, -0.05) is 33.9 Å². The van der Waals surface area contributed by atoms with Crippen LogP contribution in [0.4, 0.5) is 0 Å². The molecule has 0 atom stereocenters. The Morgan fingerprint density at radius 1 is 1.24 bits per heavy atom. The highest BCUT2D eigenvalue weighted by Crippen LogP contribution is 2.40. The van der Waals surface area contributed by atoms with E-state index in [2.05, 4.69) is 56.4 Å². The molecule has 2 aromatic rings. The van der Waals surface area contributed by atoms with Gasteiger partial charge in [0.25, 0.3) is 0 Å². The summed E-state index contributed by atoms with van der Waals surface area (Å²) in [6, 6.07) is 6.26. The Morgan fingerprint density at radius 3 is 2.43 bits per heavy atom. The van der Waals surface area contributed by atoms with E-state index in [1.165, 1.54) is 16.5 Å². The van der Waals surface area contributed by atoms with Crippen molar-refractivity contribution in [1.82, 2.24) is 4.23 Å². The summed E-state index contributed by atoms with van der Waals surface area (Å²) in [5.41, 5.74) is 2.46. The molecule has 1 N–H and O–H groups in total. The Kier molecular flexibility index (Phi) is 4.22. The minimum absolute atomic E-state index is 0.174. The zero-order valence-electron chi connectivity index (χ0n) is 14.0. The van der Waals surface area contributed by atoms with E-state index in [4.69, 9.17) is 4.74 Å². The molecule has 116 valence electrons. The summed E-state index contributed by atoms with van der Waals surface area (Å²) in [6.45, 7) is 11.9. The number of fused-ring (bicyclic) bond motifs is 1. The number of aliphatic hydroxyl groups excluding tert-OH is 1. The zero-order valence-corrected chi connectivity index (χ0v) is 15.0. The molecule has 4 heteroatoms. The number of ether oxygens (including phenoxy) is 1. The molecule has 0 aliphatic carbocycles. The van der Waals surface area contributed by atoms with Gasteiger partial charge in [-0.05, 0) is 41.4 Å². The molecule has 0 aliphatic rings. The number of hydrogen-bond donors (Lipinski definition) is 1. The third-order valence-corrected chi connectivity index (χ3v) is 10.2. The fourth-order valence-corrected chi connectivity index (χ4v) is 4.55. The molecule has 1 aromatic carbocycles. The minimum Gasteiger partial charge on any atom is -0.497 e. The second-order valence-electron chi connectivity index (χ2n) is 7.19. The molecule has 3 nitrogen and oxygen atoms in total. The Bertz CT molecular complexity index is 638. The van der Waals surface area contributed by atoms with Crippen molar-refractivity contribution in [3.05, 3.63) is 30.0 Å². The van der Waals surface area contributed by atoms with Crippen LogP contribution >= 0.6 is 0 Å². The SMILES string of the molecule is COc1ccc2c(c1)c(CCO)cn2[Si](C)(C)C(C)(C)C. The fourth-order valence-electron chi connectivity index (χ4n) is 2.55. The minimum atomic E-state index is -1.69. The molecule has 0 unspecified atom stereocenters.